The molecule has 0 aromatic carbocycles. The van der Waals surface area contributed by atoms with Gasteiger partial charge in [0, 0.05) is 19.2 Å². The molecule has 2 fully saturated rings. The molecule has 0 aromatic heterocycles. The SMILES string of the molecule is CC(C)CC[C@H]1CCCN1C[C@H]1CCOC1. The molecule has 2 heteroatoms. The summed E-state index contributed by atoms with van der Waals surface area (Å²) in [6.07, 6.45) is 6.93. The highest BCUT2D eigenvalue weighted by atomic mass is 16.5. The fraction of sp³-hybridized carbons (Fsp3) is 1.00. The maximum absolute atomic E-state index is 5.47. The molecule has 2 aliphatic heterocycles. The first-order valence-corrected chi connectivity index (χ1v) is 7.07. The van der Waals surface area contributed by atoms with Crippen LogP contribution in [0.5, 0.6) is 0 Å². The van der Waals surface area contributed by atoms with E-state index in [1.807, 2.05) is 0 Å². The molecule has 2 nitrogen and oxygen atoms in total. The molecule has 2 atom stereocenters. The van der Waals surface area contributed by atoms with Gasteiger partial charge in [-0.15, -0.1) is 0 Å². The molecule has 0 aliphatic carbocycles. The van der Waals surface area contributed by atoms with E-state index in [1.165, 1.54) is 45.2 Å². The van der Waals surface area contributed by atoms with Gasteiger partial charge in [0.25, 0.3) is 0 Å². The van der Waals surface area contributed by atoms with Gasteiger partial charge in [0.05, 0.1) is 6.61 Å². The van der Waals surface area contributed by atoms with Crippen LogP contribution in [0, 0.1) is 11.8 Å². The summed E-state index contributed by atoms with van der Waals surface area (Å²) in [4.78, 5) is 2.74. The average Bonchev–Trinajstić information content (AvgIpc) is 2.87. The van der Waals surface area contributed by atoms with Crippen molar-refractivity contribution in [2.45, 2.75) is 52.0 Å². The van der Waals surface area contributed by atoms with Crippen LogP contribution in [-0.4, -0.2) is 37.2 Å². The average molecular weight is 225 g/mol. The minimum Gasteiger partial charge on any atom is -0.381 e. The molecule has 0 radical (unpaired) electrons. The van der Waals surface area contributed by atoms with E-state index in [9.17, 15) is 0 Å². The van der Waals surface area contributed by atoms with Gasteiger partial charge in [-0.3, -0.25) is 0 Å². The van der Waals surface area contributed by atoms with Gasteiger partial charge in [0.1, 0.15) is 0 Å². The highest BCUT2D eigenvalue weighted by molar-refractivity contribution is 4.82. The van der Waals surface area contributed by atoms with Gasteiger partial charge in [-0.05, 0) is 50.5 Å². The van der Waals surface area contributed by atoms with Gasteiger partial charge >= 0.3 is 0 Å². The molecule has 0 amide bonds. The van der Waals surface area contributed by atoms with E-state index in [-0.39, 0.29) is 0 Å². The first kappa shape index (κ1) is 12.4. The number of ether oxygens (including phenoxy) is 1. The lowest BCUT2D eigenvalue weighted by Gasteiger charge is -2.27. The zero-order valence-electron chi connectivity index (χ0n) is 11.0. The summed E-state index contributed by atoms with van der Waals surface area (Å²) in [7, 11) is 0. The molecule has 16 heavy (non-hydrogen) atoms. The molecule has 0 N–H and O–H groups in total. The Hall–Kier alpha value is -0.0800. The van der Waals surface area contributed by atoms with E-state index in [2.05, 4.69) is 18.7 Å². The maximum atomic E-state index is 5.47. The van der Waals surface area contributed by atoms with E-state index in [0.717, 1.165) is 31.1 Å². The van der Waals surface area contributed by atoms with Crippen LogP contribution in [0.4, 0.5) is 0 Å². The number of hydrogen-bond acceptors (Lipinski definition) is 2. The smallest absolute Gasteiger partial charge is 0.0507 e. The number of hydrogen-bond donors (Lipinski definition) is 0. The van der Waals surface area contributed by atoms with E-state index in [1.54, 1.807) is 0 Å². The zero-order chi connectivity index (χ0) is 11.4. The standard InChI is InChI=1S/C14H27NO/c1-12(2)5-6-14-4-3-8-15(14)10-13-7-9-16-11-13/h12-14H,3-11H2,1-2H3/t13-,14-/m1/s1. The normalized spacial score (nSPS) is 31.7. The summed E-state index contributed by atoms with van der Waals surface area (Å²) >= 11 is 0. The molecule has 2 rings (SSSR count). The van der Waals surface area contributed by atoms with Crippen molar-refractivity contribution >= 4 is 0 Å². The van der Waals surface area contributed by atoms with E-state index >= 15 is 0 Å². The van der Waals surface area contributed by atoms with Crippen molar-refractivity contribution in [1.82, 2.24) is 4.90 Å². The third-order valence-electron chi connectivity index (χ3n) is 4.09. The van der Waals surface area contributed by atoms with E-state index in [4.69, 9.17) is 4.74 Å². The van der Waals surface area contributed by atoms with E-state index < -0.39 is 0 Å². The van der Waals surface area contributed by atoms with Gasteiger partial charge in [0.15, 0.2) is 0 Å². The summed E-state index contributed by atoms with van der Waals surface area (Å²) in [6, 6.07) is 0.878. The lowest BCUT2D eigenvalue weighted by molar-refractivity contribution is 0.158. The second-order valence-electron chi connectivity index (χ2n) is 5.99. The third-order valence-corrected chi connectivity index (χ3v) is 4.09. The topological polar surface area (TPSA) is 12.5 Å². The zero-order valence-corrected chi connectivity index (χ0v) is 11.0. The molecule has 2 saturated heterocycles. The van der Waals surface area contributed by atoms with Crippen LogP contribution in [0.15, 0.2) is 0 Å². The molecular weight excluding hydrogens is 198 g/mol. The first-order chi connectivity index (χ1) is 7.75. The van der Waals surface area contributed by atoms with Crippen LogP contribution in [0.1, 0.15) is 46.0 Å². The van der Waals surface area contributed by atoms with Crippen LogP contribution in [0.25, 0.3) is 0 Å². The molecule has 2 aliphatic rings. The lowest BCUT2D eigenvalue weighted by atomic mass is 10.0. The number of rotatable bonds is 5. The summed E-state index contributed by atoms with van der Waals surface area (Å²) < 4.78 is 5.47. The fourth-order valence-corrected chi connectivity index (χ4v) is 3.05. The van der Waals surface area contributed by atoms with Crippen molar-refractivity contribution in [2.75, 3.05) is 26.3 Å². The Labute approximate surface area is 100 Å². The van der Waals surface area contributed by atoms with Gasteiger partial charge in [-0.1, -0.05) is 13.8 Å². The third kappa shape index (κ3) is 3.46. The van der Waals surface area contributed by atoms with Crippen LogP contribution in [0.2, 0.25) is 0 Å². The quantitative estimate of drug-likeness (QED) is 0.713. The van der Waals surface area contributed by atoms with Crippen LogP contribution in [-0.2, 0) is 4.74 Å². The molecule has 0 aromatic rings. The van der Waals surface area contributed by atoms with Gasteiger partial charge < -0.3 is 9.64 Å². The molecule has 94 valence electrons. The highest BCUT2D eigenvalue weighted by Gasteiger charge is 2.27. The minimum absolute atomic E-state index is 0.819. The predicted octanol–water partition coefficient (Wildman–Crippen LogP) is 2.92. The van der Waals surface area contributed by atoms with Gasteiger partial charge in [0.2, 0.25) is 0 Å². The van der Waals surface area contributed by atoms with Crippen molar-refractivity contribution in [3.05, 3.63) is 0 Å². The lowest BCUT2D eigenvalue weighted by Crippen LogP contribution is -2.34. The van der Waals surface area contributed by atoms with Crippen molar-refractivity contribution in [3.8, 4) is 0 Å². The monoisotopic (exact) mass is 225 g/mol. The molecule has 0 unspecified atom stereocenters. The molecule has 0 saturated carbocycles. The second-order valence-corrected chi connectivity index (χ2v) is 5.99. The van der Waals surface area contributed by atoms with Crippen molar-refractivity contribution in [2.24, 2.45) is 11.8 Å². The Morgan fingerprint density at radius 2 is 2.19 bits per heavy atom. The van der Waals surface area contributed by atoms with Gasteiger partial charge in [-0.25, -0.2) is 0 Å². The Kier molecular flexibility index (Phi) is 4.66. The first-order valence-electron chi connectivity index (χ1n) is 7.07. The van der Waals surface area contributed by atoms with Crippen LogP contribution >= 0.6 is 0 Å². The van der Waals surface area contributed by atoms with Crippen LogP contribution < -0.4 is 0 Å². The second kappa shape index (κ2) is 6.02. The predicted molar refractivity (Wildman–Crippen MR) is 67.6 cm³/mol. The minimum atomic E-state index is 0.819. The number of likely N-dealkylation sites (tertiary alicyclic amines) is 1. The molecule has 0 bridgehead atoms. The number of nitrogens with zero attached hydrogens (tertiary/aromatic N) is 1. The van der Waals surface area contributed by atoms with Crippen molar-refractivity contribution in [1.29, 1.82) is 0 Å². The summed E-state index contributed by atoms with van der Waals surface area (Å²) in [6.45, 7) is 9.30. The molecular formula is C14H27NO. The largest absolute Gasteiger partial charge is 0.381 e. The Morgan fingerprint density at radius 1 is 1.31 bits per heavy atom. The summed E-state index contributed by atoms with van der Waals surface area (Å²) in [5.74, 6) is 1.68. The Balaban J connectivity index is 1.73. The summed E-state index contributed by atoms with van der Waals surface area (Å²) in [5, 5.41) is 0. The van der Waals surface area contributed by atoms with Gasteiger partial charge in [-0.2, -0.15) is 0 Å². The molecule has 2 heterocycles. The highest BCUT2D eigenvalue weighted by Crippen LogP contribution is 2.25. The molecule has 0 spiro atoms. The fourth-order valence-electron chi connectivity index (χ4n) is 3.05. The van der Waals surface area contributed by atoms with E-state index in [0.29, 0.717) is 0 Å². The van der Waals surface area contributed by atoms with Crippen molar-refractivity contribution < 1.29 is 4.74 Å². The Bertz CT molecular complexity index is 199. The maximum Gasteiger partial charge on any atom is 0.0507 e. The van der Waals surface area contributed by atoms with Crippen molar-refractivity contribution in [3.63, 3.8) is 0 Å². The Morgan fingerprint density at radius 3 is 2.88 bits per heavy atom. The van der Waals surface area contributed by atoms with Crippen LogP contribution in [0.3, 0.4) is 0 Å². The summed E-state index contributed by atoms with van der Waals surface area (Å²) in [5.41, 5.74) is 0.